The van der Waals surface area contributed by atoms with E-state index in [2.05, 4.69) is 27.6 Å². The molecule has 88 valence electrons. The first-order valence-electron chi connectivity index (χ1n) is 5.08. The fraction of sp³-hybridized carbons (Fsp3) is 0.167. The lowest BCUT2D eigenvalue weighted by molar-refractivity contribution is 0.100. The molecule has 2 aromatic rings. The normalized spacial score (nSPS) is 12.4. The van der Waals surface area contributed by atoms with E-state index in [-0.39, 0.29) is 4.11 Å². The first-order valence-corrected chi connectivity index (χ1v) is 6.33. The molecule has 1 heterocycles. The van der Waals surface area contributed by atoms with Crippen LogP contribution >= 0.6 is 22.6 Å². The van der Waals surface area contributed by atoms with Gasteiger partial charge >= 0.3 is 0 Å². The second-order valence-corrected chi connectivity index (χ2v) is 5.30. The van der Waals surface area contributed by atoms with E-state index in [4.69, 9.17) is 10.5 Å². The van der Waals surface area contributed by atoms with Crippen molar-refractivity contribution in [3.63, 3.8) is 0 Å². The maximum absolute atomic E-state index is 11.4. The Balaban J connectivity index is 2.63. The highest BCUT2D eigenvalue weighted by molar-refractivity contribution is 14.1. The number of primary amides is 1. The van der Waals surface area contributed by atoms with Crippen LogP contribution in [0.15, 0.2) is 30.3 Å². The predicted octanol–water partition coefficient (Wildman–Crippen LogP) is 2.49. The molecule has 0 fully saturated rings. The third-order valence-corrected chi connectivity index (χ3v) is 2.50. The summed E-state index contributed by atoms with van der Waals surface area (Å²) in [6.45, 7) is 1.89. The molecular formula is C12H11IN2O2. The number of fused-ring (bicyclic) bond motifs is 1. The summed E-state index contributed by atoms with van der Waals surface area (Å²) in [7, 11) is 0. The highest BCUT2D eigenvalue weighted by Crippen LogP contribution is 2.22. The Labute approximate surface area is 112 Å². The van der Waals surface area contributed by atoms with E-state index in [0.717, 1.165) is 5.39 Å². The summed E-state index contributed by atoms with van der Waals surface area (Å²) in [5.74, 6) is -0.0611. The van der Waals surface area contributed by atoms with E-state index in [9.17, 15) is 4.79 Å². The number of carbonyl (C=O) groups excluding carboxylic acids is 1. The highest BCUT2D eigenvalue weighted by Gasteiger charge is 2.11. The molecule has 4 nitrogen and oxygen atoms in total. The van der Waals surface area contributed by atoms with Crippen LogP contribution in [0.4, 0.5) is 0 Å². The van der Waals surface area contributed by atoms with Gasteiger partial charge in [0.1, 0.15) is 4.11 Å². The molecular weight excluding hydrogens is 331 g/mol. The van der Waals surface area contributed by atoms with Crippen LogP contribution in [0, 0.1) is 0 Å². The van der Waals surface area contributed by atoms with Gasteiger partial charge in [0, 0.05) is 11.5 Å². The zero-order valence-corrected chi connectivity index (χ0v) is 11.3. The molecule has 1 amide bonds. The number of nitrogens with zero attached hydrogens (tertiary/aromatic N) is 1. The number of alkyl halides is 1. The molecule has 1 aromatic carbocycles. The lowest BCUT2D eigenvalue weighted by Gasteiger charge is -2.10. The van der Waals surface area contributed by atoms with Crippen molar-refractivity contribution in [3.05, 3.63) is 35.9 Å². The third kappa shape index (κ3) is 2.66. The number of carbonyl (C=O) groups is 1. The van der Waals surface area contributed by atoms with Crippen molar-refractivity contribution in [3.8, 4) is 5.88 Å². The average molecular weight is 342 g/mol. The number of hydrogen-bond acceptors (Lipinski definition) is 3. The van der Waals surface area contributed by atoms with Crippen LogP contribution in [0.1, 0.15) is 17.3 Å². The van der Waals surface area contributed by atoms with Crippen molar-refractivity contribution in [2.45, 2.75) is 11.0 Å². The summed E-state index contributed by atoms with van der Waals surface area (Å²) in [6, 6.07) is 8.93. The molecule has 0 aliphatic carbocycles. The van der Waals surface area contributed by atoms with Crippen LogP contribution in [0.25, 0.3) is 10.9 Å². The van der Waals surface area contributed by atoms with E-state index >= 15 is 0 Å². The van der Waals surface area contributed by atoms with Gasteiger partial charge in [-0.05, 0) is 35.6 Å². The second-order valence-electron chi connectivity index (χ2n) is 3.55. The summed E-state index contributed by atoms with van der Waals surface area (Å²) >= 11 is 2.12. The lowest BCUT2D eigenvalue weighted by atomic mass is 10.1. The summed E-state index contributed by atoms with van der Waals surface area (Å²) in [4.78, 5) is 15.7. The first-order chi connectivity index (χ1) is 8.08. The summed E-state index contributed by atoms with van der Waals surface area (Å²) in [6.07, 6.45) is 0. The largest absolute Gasteiger partial charge is 0.464 e. The summed E-state index contributed by atoms with van der Waals surface area (Å²) in [5.41, 5.74) is 6.49. The van der Waals surface area contributed by atoms with Gasteiger partial charge in [0.15, 0.2) is 0 Å². The van der Waals surface area contributed by atoms with E-state index in [1.807, 2.05) is 31.2 Å². The number of amides is 1. The number of benzene rings is 1. The number of pyridine rings is 1. The lowest BCUT2D eigenvalue weighted by Crippen LogP contribution is -2.13. The maximum atomic E-state index is 11.4. The SMILES string of the molecule is CC(I)Oc1cc(C(N)=O)c2ccccc2n1. The van der Waals surface area contributed by atoms with E-state index in [1.54, 1.807) is 6.07 Å². The van der Waals surface area contributed by atoms with Crippen molar-refractivity contribution in [1.82, 2.24) is 4.98 Å². The number of ether oxygens (including phenoxy) is 1. The number of hydrogen-bond donors (Lipinski definition) is 1. The molecule has 0 spiro atoms. The molecule has 17 heavy (non-hydrogen) atoms. The van der Waals surface area contributed by atoms with Gasteiger partial charge in [0.05, 0.1) is 11.1 Å². The highest BCUT2D eigenvalue weighted by atomic mass is 127. The Hall–Kier alpha value is -1.37. The Morgan fingerprint density at radius 1 is 1.47 bits per heavy atom. The second kappa shape index (κ2) is 4.87. The molecule has 0 saturated carbocycles. The van der Waals surface area contributed by atoms with Crippen molar-refractivity contribution in [2.75, 3.05) is 0 Å². The maximum Gasteiger partial charge on any atom is 0.249 e. The number of rotatable bonds is 3. The molecule has 0 saturated heterocycles. The fourth-order valence-electron chi connectivity index (χ4n) is 1.58. The number of nitrogens with two attached hydrogens (primary N) is 1. The Morgan fingerprint density at radius 3 is 2.82 bits per heavy atom. The monoisotopic (exact) mass is 342 g/mol. The van der Waals surface area contributed by atoms with E-state index in [0.29, 0.717) is 17.0 Å². The molecule has 0 bridgehead atoms. The van der Waals surface area contributed by atoms with Crippen molar-refractivity contribution in [2.24, 2.45) is 5.73 Å². The van der Waals surface area contributed by atoms with Crippen molar-refractivity contribution in [1.29, 1.82) is 0 Å². The minimum atomic E-state index is -0.477. The van der Waals surface area contributed by atoms with Crippen LogP contribution in [-0.4, -0.2) is 15.0 Å². The van der Waals surface area contributed by atoms with Crippen LogP contribution in [-0.2, 0) is 0 Å². The number of aromatic nitrogens is 1. The molecule has 2 N–H and O–H groups in total. The number of para-hydroxylation sites is 1. The molecule has 1 aromatic heterocycles. The predicted molar refractivity (Wildman–Crippen MR) is 74.4 cm³/mol. The fourth-order valence-corrected chi connectivity index (χ4v) is 1.84. The van der Waals surface area contributed by atoms with Crippen LogP contribution < -0.4 is 10.5 Å². The molecule has 1 atom stereocenters. The van der Waals surface area contributed by atoms with Crippen LogP contribution in [0.5, 0.6) is 5.88 Å². The third-order valence-electron chi connectivity index (χ3n) is 2.24. The van der Waals surface area contributed by atoms with Gasteiger partial charge in [-0.2, -0.15) is 0 Å². The topological polar surface area (TPSA) is 65.2 Å². The van der Waals surface area contributed by atoms with Crippen LogP contribution in [0.2, 0.25) is 0 Å². The Morgan fingerprint density at radius 2 is 2.18 bits per heavy atom. The quantitative estimate of drug-likeness (QED) is 0.689. The van der Waals surface area contributed by atoms with Crippen molar-refractivity contribution < 1.29 is 9.53 Å². The van der Waals surface area contributed by atoms with Gasteiger partial charge in [0.2, 0.25) is 11.8 Å². The zero-order chi connectivity index (χ0) is 12.4. The zero-order valence-electron chi connectivity index (χ0n) is 9.18. The molecule has 0 aliphatic rings. The van der Waals surface area contributed by atoms with Crippen molar-refractivity contribution >= 4 is 39.4 Å². The minimum Gasteiger partial charge on any atom is -0.464 e. The molecule has 5 heteroatoms. The van der Waals surface area contributed by atoms with Gasteiger partial charge in [-0.3, -0.25) is 4.79 Å². The standard InChI is InChI=1S/C12H11IN2O2/c1-7(13)17-11-6-9(12(14)16)8-4-2-3-5-10(8)15-11/h2-7H,1H3,(H2,14,16). The summed E-state index contributed by atoms with van der Waals surface area (Å²) < 4.78 is 5.45. The molecule has 0 radical (unpaired) electrons. The van der Waals surface area contributed by atoms with Gasteiger partial charge in [-0.15, -0.1) is 0 Å². The van der Waals surface area contributed by atoms with Gasteiger partial charge in [0.25, 0.3) is 0 Å². The molecule has 1 unspecified atom stereocenters. The molecule has 0 aliphatic heterocycles. The smallest absolute Gasteiger partial charge is 0.249 e. The van der Waals surface area contributed by atoms with E-state index < -0.39 is 5.91 Å². The Bertz CT molecular complexity index is 569. The average Bonchev–Trinajstić information content (AvgIpc) is 2.27. The van der Waals surface area contributed by atoms with Crippen LogP contribution in [0.3, 0.4) is 0 Å². The minimum absolute atomic E-state index is 0.0259. The summed E-state index contributed by atoms with van der Waals surface area (Å²) in [5, 5.41) is 0.744. The Kier molecular flexibility index (Phi) is 3.46. The first kappa shape index (κ1) is 12.1. The van der Waals surface area contributed by atoms with Gasteiger partial charge in [-0.25, -0.2) is 4.98 Å². The van der Waals surface area contributed by atoms with Gasteiger partial charge in [-0.1, -0.05) is 18.2 Å². The molecule has 2 rings (SSSR count). The van der Waals surface area contributed by atoms with Gasteiger partial charge < -0.3 is 10.5 Å². The number of halogens is 1. The van der Waals surface area contributed by atoms with E-state index in [1.165, 1.54) is 0 Å².